The largest absolute Gasteiger partial charge is 0.508 e. The summed E-state index contributed by atoms with van der Waals surface area (Å²) in [4.78, 5) is 12.0. The van der Waals surface area contributed by atoms with Gasteiger partial charge in [-0.1, -0.05) is 25.5 Å². The Morgan fingerprint density at radius 1 is 1.43 bits per heavy atom. The molecule has 6 heteroatoms. The Morgan fingerprint density at radius 3 is 2.81 bits per heavy atom. The number of phenolic OH excluding ortho intramolecular Hbond substituents is 1. The first-order chi connectivity index (χ1) is 10.1. The Labute approximate surface area is 123 Å². The summed E-state index contributed by atoms with van der Waals surface area (Å²) in [5.74, 6) is 0.402. The number of amides is 1. The summed E-state index contributed by atoms with van der Waals surface area (Å²) in [6.45, 7) is 2.08. The number of carbonyl (C=O) groups is 1. The fourth-order valence-electron chi connectivity index (χ4n) is 2.02. The molecule has 1 unspecified atom stereocenters. The minimum absolute atomic E-state index is 0.191. The van der Waals surface area contributed by atoms with E-state index in [1.807, 2.05) is 6.07 Å². The lowest BCUT2D eigenvalue weighted by Gasteiger charge is -2.10. The number of hydrogen-bond acceptors (Lipinski definition) is 4. The average molecular weight is 288 g/mol. The van der Waals surface area contributed by atoms with E-state index in [0.717, 1.165) is 24.1 Å². The molecule has 2 aromatic rings. The molecule has 1 atom stereocenters. The van der Waals surface area contributed by atoms with Crippen molar-refractivity contribution >= 4 is 11.7 Å². The molecule has 0 bridgehead atoms. The molecule has 112 valence electrons. The van der Waals surface area contributed by atoms with Crippen molar-refractivity contribution in [1.29, 1.82) is 0 Å². The number of carbonyl (C=O) groups excluding carboxylic acids is 1. The number of rotatable bonds is 6. The number of nitrogens with one attached hydrogen (secondary N) is 2. The summed E-state index contributed by atoms with van der Waals surface area (Å²) in [6, 6.07) is 7.79. The van der Waals surface area contributed by atoms with Gasteiger partial charge < -0.3 is 16.2 Å². The second-order valence-corrected chi connectivity index (χ2v) is 4.99. The Balaban J connectivity index is 1.90. The minimum atomic E-state index is -0.666. The van der Waals surface area contributed by atoms with Crippen LogP contribution in [0, 0.1) is 0 Å². The zero-order valence-corrected chi connectivity index (χ0v) is 12.0. The summed E-state index contributed by atoms with van der Waals surface area (Å²) in [5.41, 5.74) is 7.77. The molecule has 0 spiro atoms. The van der Waals surface area contributed by atoms with Crippen LogP contribution in [-0.2, 0) is 17.6 Å². The molecular weight excluding hydrogens is 268 g/mol. The summed E-state index contributed by atoms with van der Waals surface area (Å²) in [5, 5.41) is 18.8. The van der Waals surface area contributed by atoms with Crippen LogP contribution >= 0.6 is 0 Å². The van der Waals surface area contributed by atoms with Crippen LogP contribution in [0.25, 0.3) is 0 Å². The lowest BCUT2D eigenvalue weighted by atomic mass is 10.1. The molecule has 5 N–H and O–H groups in total. The van der Waals surface area contributed by atoms with E-state index in [-0.39, 0.29) is 11.7 Å². The van der Waals surface area contributed by atoms with Gasteiger partial charge in [-0.15, -0.1) is 0 Å². The third kappa shape index (κ3) is 4.32. The van der Waals surface area contributed by atoms with Gasteiger partial charge in [0.15, 0.2) is 5.82 Å². The molecule has 6 nitrogen and oxygen atoms in total. The van der Waals surface area contributed by atoms with Gasteiger partial charge in [0, 0.05) is 11.8 Å². The zero-order chi connectivity index (χ0) is 15.2. The second kappa shape index (κ2) is 6.90. The molecule has 21 heavy (non-hydrogen) atoms. The number of phenols is 1. The van der Waals surface area contributed by atoms with Crippen molar-refractivity contribution in [1.82, 2.24) is 10.2 Å². The first kappa shape index (κ1) is 15.1. The van der Waals surface area contributed by atoms with Gasteiger partial charge in [-0.2, -0.15) is 5.10 Å². The van der Waals surface area contributed by atoms with Gasteiger partial charge in [-0.25, -0.2) is 0 Å². The van der Waals surface area contributed by atoms with Crippen molar-refractivity contribution in [2.45, 2.75) is 32.2 Å². The predicted molar refractivity (Wildman–Crippen MR) is 81.0 cm³/mol. The van der Waals surface area contributed by atoms with Gasteiger partial charge in [0.1, 0.15) is 5.75 Å². The minimum Gasteiger partial charge on any atom is -0.508 e. The number of aromatic amines is 1. The molecular formula is C15H20N4O2. The van der Waals surface area contributed by atoms with E-state index in [0.29, 0.717) is 12.2 Å². The molecule has 0 aliphatic heterocycles. The van der Waals surface area contributed by atoms with Crippen LogP contribution in [0.2, 0.25) is 0 Å². The number of anilines is 1. The maximum atomic E-state index is 12.0. The van der Waals surface area contributed by atoms with E-state index in [2.05, 4.69) is 22.4 Å². The molecule has 0 saturated carbocycles. The van der Waals surface area contributed by atoms with Gasteiger partial charge >= 0.3 is 0 Å². The first-order valence-corrected chi connectivity index (χ1v) is 6.97. The summed E-state index contributed by atoms with van der Waals surface area (Å²) < 4.78 is 0. The number of aromatic nitrogens is 2. The van der Waals surface area contributed by atoms with Crippen LogP contribution in [0.5, 0.6) is 5.75 Å². The molecule has 1 amide bonds. The Morgan fingerprint density at radius 2 is 2.14 bits per heavy atom. The van der Waals surface area contributed by atoms with Gasteiger partial charge in [-0.3, -0.25) is 9.89 Å². The van der Waals surface area contributed by atoms with Crippen LogP contribution in [-0.4, -0.2) is 27.3 Å². The molecule has 0 fully saturated rings. The standard InChI is InChI=1S/C15H20N4O2/c1-2-3-11-9-14(19-18-11)17-15(21)13(16)8-10-4-6-12(20)7-5-10/h4-7,9,13,20H,2-3,8,16H2,1H3,(H2,17,18,19,21). The molecule has 1 aromatic heterocycles. The van der Waals surface area contributed by atoms with Crippen molar-refractivity contribution in [3.8, 4) is 5.75 Å². The van der Waals surface area contributed by atoms with Gasteiger partial charge in [0.05, 0.1) is 6.04 Å². The van der Waals surface area contributed by atoms with E-state index >= 15 is 0 Å². The SMILES string of the molecule is CCCc1cc(NC(=O)C(N)Cc2ccc(O)cc2)n[nH]1. The molecule has 0 radical (unpaired) electrons. The molecule has 0 aliphatic rings. The topological polar surface area (TPSA) is 104 Å². The van der Waals surface area contributed by atoms with Crippen LogP contribution in [0.4, 0.5) is 5.82 Å². The number of nitrogens with zero attached hydrogens (tertiary/aromatic N) is 1. The molecule has 1 heterocycles. The van der Waals surface area contributed by atoms with E-state index in [9.17, 15) is 9.90 Å². The summed E-state index contributed by atoms with van der Waals surface area (Å²) in [7, 11) is 0. The monoisotopic (exact) mass is 288 g/mol. The highest BCUT2D eigenvalue weighted by atomic mass is 16.3. The van der Waals surface area contributed by atoms with Crippen molar-refractivity contribution < 1.29 is 9.90 Å². The Hall–Kier alpha value is -2.34. The van der Waals surface area contributed by atoms with E-state index in [4.69, 9.17) is 5.73 Å². The van der Waals surface area contributed by atoms with Crippen LogP contribution in [0.1, 0.15) is 24.6 Å². The lowest BCUT2D eigenvalue weighted by molar-refractivity contribution is -0.117. The van der Waals surface area contributed by atoms with Gasteiger partial charge in [-0.05, 0) is 30.5 Å². The Bertz CT molecular complexity index is 592. The third-order valence-electron chi connectivity index (χ3n) is 3.13. The summed E-state index contributed by atoms with van der Waals surface area (Å²) in [6.07, 6.45) is 2.30. The highest BCUT2D eigenvalue weighted by molar-refractivity contribution is 5.94. The Kier molecular flexibility index (Phi) is 4.94. The lowest BCUT2D eigenvalue weighted by Crippen LogP contribution is -2.37. The maximum Gasteiger partial charge on any atom is 0.242 e. The van der Waals surface area contributed by atoms with E-state index in [1.54, 1.807) is 24.3 Å². The van der Waals surface area contributed by atoms with Gasteiger partial charge in [0.25, 0.3) is 0 Å². The number of aryl methyl sites for hydroxylation is 1. The number of nitrogens with two attached hydrogens (primary N) is 1. The van der Waals surface area contributed by atoms with Crippen molar-refractivity contribution in [2.75, 3.05) is 5.32 Å². The molecule has 2 rings (SSSR count). The number of aromatic hydroxyl groups is 1. The normalized spacial score (nSPS) is 12.1. The quantitative estimate of drug-likeness (QED) is 0.647. The summed E-state index contributed by atoms with van der Waals surface area (Å²) >= 11 is 0. The number of benzene rings is 1. The zero-order valence-electron chi connectivity index (χ0n) is 12.0. The average Bonchev–Trinajstić information content (AvgIpc) is 2.89. The van der Waals surface area contributed by atoms with E-state index < -0.39 is 6.04 Å². The fourth-order valence-corrected chi connectivity index (χ4v) is 2.02. The van der Waals surface area contributed by atoms with E-state index in [1.165, 1.54) is 0 Å². The van der Waals surface area contributed by atoms with Crippen LogP contribution < -0.4 is 11.1 Å². The number of hydrogen-bond donors (Lipinski definition) is 4. The second-order valence-electron chi connectivity index (χ2n) is 4.99. The predicted octanol–water partition coefficient (Wildman–Crippen LogP) is 1.58. The molecule has 0 saturated heterocycles. The maximum absolute atomic E-state index is 12.0. The van der Waals surface area contributed by atoms with Crippen molar-refractivity contribution in [3.63, 3.8) is 0 Å². The highest BCUT2D eigenvalue weighted by Gasteiger charge is 2.15. The third-order valence-corrected chi connectivity index (χ3v) is 3.13. The number of H-pyrrole nitrogens is 1. The van der Waals surface area contributed by atoms with Crippen LogP contribution in [0.15, 0.2) is 30.3 Å². The van der Waals surface area contributed by atoms with Crippen molar-refractivity contribution in [2.24, 2.45) is 5.73 Å². The molecule has 0 aliphatic carbocycles. The highest BCUT2D eigenvalue weighted by Crippen LogP contribution is 2.12. The first-order valence-electron chi connectivity index (χ1n) is 6.97. The smallest absolute Gasteiger partial charge is 0.242 e. The van der Waals surface area contributed by atoms with Crippen molar-refractivity contribution in [3.05, 3.63) is 41.6 Å². The van der Waals surface area contributed by atoms with Crippen LogP contribution in [0.3, 0.4) is 0 Å². The van der Waals surface area contributed by atoms with Gasteiger partial charge in [0.2, 0.25) is 5.91 Å². The molecule has 1 aromatic carbocycles. The fraction of sp³-hybridized carbons (Fsp3) is 0.333.